The molecule has 0 bridgehead atoms. The fourth-order valence-corrected chi connectivity index (χ4v) is 2.83. The summed E-state index contributed by atoms with van der Waals surface area (Å²) in [6.45, 7) is 3.72. The van der Waals surface area contributed by atoms with Crippen molar-refractivity contribution in [1.82, 2.24) is 25.4 Å². The van der Waals surface area contributed by atoms with E-state index in [1.807, 2.05) is 7.05 Å². The first-order valence-corrected chi connectivity index (χ1v) is 8.20. The Morgan fingerprint density at radius 2 is 2.12 bits per heavy atom. The summed E-state index contributed by atoms with van der Waals surface area (Å²) in [5, 5.41) is 14.9. The minimum atomic E-state index is 0. The van der Waals surface area contributed by atoms with Crippen molar-refractivity contribution in [2.45, 2.75) is 38.3 Å². The Labute approximate surface area is 160 Å². The van der Waals surface area contributed by atoms with Gasteiger partial charge in [-0.25, -0.2) is 0 Å². The van der Waals surface area contributed by atoms with Gasteiger partial charge in [-0.3, -0.25) is 4.99 Å². The molecule has 1 aromatic carbocycles. The van der Waals surface area contributed by atoms with Crippen molar-refractivity contribution in [3.8, 4) is 0 Å². The van der Waals surface area contributed by atoms with Gasteiger partial charge in [0.1, 0.15) is 12.2 Å². The lowest BCUT2D eigenvalue weighted by atomic mass is 10.1. The molecule has 2 unspecified atom stereocenters. The van der Waals surface area contributed by atoms with Crippen LogP contribution in [0.4, 0.5) is 0 Å². The highest BCUT2D eigenvalue weighted by Gasteiger charge is 2.38. The Morgan fingerprint density at radius 1 is 1.33 bits per heavy atom. The largest absolute Gasteiger partial charge is 0.355 e. The zero-order valence-corrected chi connectivity index (χ0v) is 16.5. The third-order valence-electron chi connectivity index (χ3n) is 4.22. The van der Waals surface area contributed by atoms with Crippen LogP contribution in [0.5, 0.6) is 0 Å². The van der Waals surface area contributed by atoms with Gasteiger partial charge in [0.15, 0.2) is 5.96 Å². The van der Waals surface area contributed by atoms with E-state index in [-0.39, 0.29) is 24.0 Å². The summed E-state index contributed by atoms with van der Waals surface area (Å²) in [4.78, 5) is 4.31. The highest BCUT2D eigenvalue weighted by atomic mass is 127. The molecule has 24 heavy (non-hydrogen) atoms. The molecule has 0 amide bonds. The Kier molecular flexibility index (Phi) is 7.01. The van der Waals surface area contributed by atoms with Crippen LogP contribution >= 0.6 is 24.0 Å². The van der Waals surface area contributed by atoms with E-state index in [0.29, 0.717) is 12.0 Å². The normalized spacial score (nSPS) is 19.5. The molecule has 1 saturated carbocycles. The third kappa shape index (κ3) is 4.68. The van der Waals surface area contributed by atoms with Crippen LogP contribution in [-0.2, 0) is 13.0 Å². The van der Waals surface area contributed by atoms with E-state index in [0.717, 1.165) is 37.7 Å². The summed E-state index contributed by atoms with van der Waals surface area (Å²) >= 11 is 0. The van der Waals surface area contributed by atoms with E-state index in [1.54, 1.807) is 6.33 Å². The van der Waals surface area contributed by atoms with Crippen molar-refractivity contribution < 1.29 is 0 Å². The standard InChI is InChI=1S/C17H24N6.HI/c1-3-16-22-20-12-23(16)10-9-19-17(18-2)21-15-11-14(15)13-7-5-4-6-8-13;/h4-8,12,14-15H,3,9-11H2,1-2H3,(H2,18,19,21);1H. The summed E-state index contributed by atoms with van der Waals surface area (Å²) in [6.07, 6.45) is 3.84. The molecule has 0 radical (unpaired) electrons. The lowest BCUT2D eigenvalue weighted by Gasteiger charge is -2.12. The predicted molar refractivity (Wildman–Crippen MR) is 107 cm³/mol. The number of aliphatic imine (C=N–C) groups is 1. The van der Waals surface area contributed by atoms with Gasteiger partial charge >= 0.3 is 0 Å². The lowest BCUT2D eigenvalue weighted by Crippen LogP contribution is -2.40. The maximum Gasteiger partial charge on any atom is 0.191 e. The van der Waals surface area contributed by atoms with E-state index < -0.39 is 0 Å². The number of aromatic nitrogens is 3. The molecular formula is C17H25IN6. The Morgan fingerprint density at radius 3 is 2.83 bits per heavy atom. The molecule has 0 spiro atoms. The first kappa shape index (κ1) is 18.7. The topological polar surface area (TPSA) is 67.1 Å². The zero-order valence-electron chi connectivity index (χ0n) is 14.1. The fraction of sp³-hybridized carbons (Fsp3) is 0.471. The van der Waals surface area contributed by atoms with Gasteiger partial charge in [0, 0.05) is 38.5 Å². The summed E-state index contributed by atoms with van der Waals surface area (Å²) < 4.78 is 2.07. The molecule has 3 rings (SSSR count). The average molecular weight is 440 g/mol. The van der Waals surface area contributed by atoms with Crippen LogP contribution in [0.3, 0.4) is 0 Å². The van der Waals surface area contributed by atoms with Gasteiger partial charge in [0.2, 0.25) is 0 Å². The summed E-state index contributed by atoms with van der Waals surface area (Å²) in [7, 11) is 1.81. The molecule has 6 nitrogen and oxygen atoms in total. The van der Waals surface area contributed by atoms with Crippen LogP contribution in [0.25, 0.3) is 0 Å². The number of hydrogen-bond acceptors (Lipinski definition) is 3. The second kappa shape index (κ2) is 9.00. The average Bonchev–Trinajstić information content (AvgIpc) is 3.22. The molecule has 2 atom stereocenters. The van der Waals surface area contributed by atoms with Crippen molar-refractivity contribution in [3.05, 3.63) is 48.0 Å². The van der Waals surface area contributed by atoms with Crippen LogP contribution < -0.4 is 10.6 Å². The van der Waals surface area contributed by atoms with Crippen LogP contribution in [0, 0.1) is 0 Å². The van der Waals surface area contributed by atoms with Gasteiger partial charge in [0.25, 0.3) is 0 Å². The maximum absolute atomic E-state index is 4.31. The van der Waals surface area contributed by atoms with Crippen LogP contribution in [-0.4, -0.2) is 40.4 Å². The lowest BCUT2D eigenvalue weighted by molar-refractivity contribution is 0.631. The van der Waals surface area contributed by atoms with Gasteiger partial charge in [-0.1, -0.05) is 37.3 Å². The molecule has 0 aliphatic heterocycles. The number of nitrogens with zero attached hydrogens (tertiary/aromatic N) is 4. The summed E-state index contributed by atoms with van der Waals surface area (Å²) in [5.74, 6) is 2.47. The van der Waals surface area contributed by atoms with Crippen LogP contribution in [0.2, 0.25) is 0 Å². The second-order valence-electron chi connectivity index (χ2n) is 5.80. The van der Waals surface area contributed by atoms with E-state index in [4.69, 9.17) is 0 Å². The Hall–Kier alpha value is -1.64. The Balaban J connectivity index is 0.00000208. The van der Waals surface area contributed by atoms with Gasteiger partial charge < -0.3 is 15.2 Å². The molecule has 1 fully saturated rings. The smallest absolute Gasteiger partial charge is 0.191 e. The van der Waals surface area contributed by atoms with Crippen molar-refractivity contribution in [1.29, 1.82) is 0 Å². The number of benzene rings is 1. The molecule has 7 heteroatoms. The predicted octanol–water partition coefficient (Wildman–Crippen LogP) is 2.18. The maximum atomic E-state index is 4.31. The van der Waals surface area contributed by atoms with Crippen LogP contribution in [0.15, 0.2) is 41.7 Å². The van der Waals surface area contributed by atoms with Gasteiger partial charge in [-0.05, 0) is 12.0 Å². The third-order valence-corrected chi connectivity index (χ3v) is 4.22. The second-order valence-corrected chi connectivity index (χ2v) is 5.80. The molecule has 0 saturated heterocycles. The molecule has 2 aromatic rings. The number of guanidine groups is 1. The number of aryl methyl sites for hydroxylation is 1. The van der Waals surface area contributed by atoms with Crippen molar-refractivity contribution in [2.75, 3.05) is 13.6 Å². The number of nitrogens with one attached hydrogen (secondary N) is 2. The van der Waals surface area contributed by atoms with E-state index >= 15 is 0 Å². The van der Waals surface area contributed by atoms with E-state index in [1.165, 1.54) is 5.56 Å². The highest BCUT2D eigenvalue weighted by Crippen LogP contribution is 2.40. The number of halogens is 1. The number of hydrogen-bond donors (Lipinski definition) is 2. The molecule has 2 N–H and O–H groups in total. The SMILES string of the molecule is CCc1nncn1CCNC(=NC)NC1CC1c1ccccc1.I. The minimum absolute atomic E-state index is 0. The van der Waals surface area contributed by atoms with Crippen molar-refractivity contribution in [3.63, 3.8) is 0 Å². The Bertz CT molecular complexity index is 654. The van der Waals surface area contributed by atoms with Gasteiger partial charge in [0.05, 0.1) is 0 Å². The van der Waals surface area contributed by atoms with Crippen molar-refractivity contribution >= 4 is 29.9 Å². The zero-order chi connectivity index (χ0) is 16.1. The first-order chi connectivity index (χ1) is 11.3. The quantitative estimate of drug-likeness (QED) is 0.411. The van der Waals surface area contributed by atoms with Crippen molar-refractivity contribution in [2.24, 2.45) is 4.99 Å². The highest BCUT2D eigenvalue weighted by molar-refractivity contribution is 14.0. The van der Waals surface area contributed by atoms with E-state index in [9.17, 15) is 0 Å². The van der Waals surface area contributed by atoms with Gasteiger partial charge in [-0.2, -0.15) is 0 Å². The fourth-order valence-electron chi connectivity index (χ4n) is 2.83. The molecular weight excluding hydrogens is 415 g/mol. The van der Waals surface area contributed by atoms with Gasteiger partial charge in [-0.15, -0.1) is 34.2 Å². The minimum Gasteiger partial charge on any atom is -0.355 e. The summed E-state index contributed by atoms with van der Waals surface area (Å²) in [5.41, 5.74) is 1.40. The van der Waals surface area contributed by atoms with E-state index in [2.05, 4.69) is 67.6 Å². The monoisotopic (exact) mass is 440 g/mol. The summed E-state index contributed by atoms with van der Waals surface area (Å²) in [6, 6.07) is 11.1. The molecule has 1 aliphatic carbocycles. The molecule has 130 valence electrons. The van der Waals surface area contributed by atoms with Crippen LogP contribution in [0.1, 0.15) is 30.7 Å². The molecule has 1 heterocycles. The molecule has 1 aliphatic rings. The first-order valence-electron chi connectivity index (χ1n) is 8.20. The number of rotatable bonds is 6. The molecule has 1 aromatic heterocycles.